The van der Waals surface area contributed by atoms with Crippen LogP contribution in [0.3, 0.4) is 0 Å². The van der Waals surface area contributed by atoms with Crippen molar-refractivity contribution in [2.75, 3.05) is 18.4 Å². The molecular formula is C17H24Cl2N2O2. The first-order chi connectivity index (χ1) is 10.8. The monoisotopic (exact) mass is 358 g/mol. The van der Waals surface area contributed by atoms with Crippen molar-refractivity contribution in [2.45, 2.75) is 45.1 Å². The Morgan fingerprint density at radius 2 is 1.83 bits per heavy atom. The molecule has 4 nitrogen and oxygen atoms in total. The van der Waals surface area contributed by atoms with E-state index >= 15 is 0 Å². The van der Waals surface area contributed by atoms with Crippen LogP contribution in [-0.2, 0) is 0 Å². The van der Waals surface area contributed by atoms with Crippen molar-refractivity contribution in [3.05, 3.63) is 28.2 Å². The third-order valence-electron chi connectivity index (χ3n) is 4.28. The summed E-state index contributed by atoms with van der Waals surface area (Å²) in [7, 11) is 0. The number of amides is 2. The van der Waals surface area contributed by atoms with E-state index in [4.69, 9.17) is 23.2 Å². The number of nitrogens with zero attached hydrogens (tertiary/aromatic N) is 1. The lowest BCUT2D eigenvalue weighted by Gasteiger charge is -2.38. The number of carbonyl (C=O) groups is 1. The van der Waals surface area contributed by atoms with Gasteiger partial charge in [0.15, 0.2) is 0 Å². The van der Waals surface area contributed by atoms with Crippen LogP contribution in [0.15, 0.2) is 18.2 Å². The van der Waals surface area contributed by atoms with Gasteiger partial charge < -0.3 is 15.3 Å². The summed E-state index contributed by atoms with van der Waals surface area (Å²) in [4.78, 5) is 14.0. The lowest BCUT2D eigenvalue weighted by atomic mass is 9.85. The fourth-order valence-electron chi connectivity index (χ4n) is 2.76. The third kappa shape index (κ3) is 5.55. The van der Waals surface area contributed by atoms with E-state index in [9.17, 15) is 9.90 Å². The molecule has 1 aliphatic heterocycles. The van der Waals surface area contributed by atoms with E-state index in [0.717, 1.165) is 12.8 Å². The molecule has 1 aromatic carbocycles. The average molecular weight is 359 g/mol. The maximum atomic E-state index is 12.3. The van der Waals surface area contributed by atoms with E-state index in [-0.39, 0.29) is 6.03 Å². The molecule has 1 aromatic rings. The molecule has 1 aliphatic rings. The number of aliphatic hydroxyl groups is 1. The Balaban J connectivity index is 1.88. The minimum absolute atomic E-state index is 0.186. The van der Waals surface area contributed by atoms with Crippen LogP contribution in [0.2, 0.25) is 10.0 Å². The lowest BCUT2D eigenvalue weighted by Crippen LogP contribution is -2.48. The number of piperidine rings is 1. The zero-order chi connectivity index (χ0) is 17.0. The highest BCUT2D eigenvalue weighted by Gasteiger charge is 2.33. The van der Waals surface area contributed by atoms with Crippen molar-refractivity contribution in [2.24, 2.45) is 5.92 Å². The fraction of sp³-hybridized carbons (Fsp3) is 0.588. The standard InChI is InChI=1S/C17H24Cl2N2O2/c1-12(2)3-4-17(23)5-7-21(8-6-17)16(22)20-15-10-13(18)9-14(19)11-15/h9-12,23H,3-8H2,1-2H3,(H,20,22). The van der Waals surface area contributed by atoms with Crippen LogP contribution in [0, 0.1) is 5.92 Å². The topological polar surface area (TPSA) is 52.6 Å². The van der Waals surface area contributed by atoms with Gasteiger partial charge in [-0.05, 0) is 49.8 Å². The fourth-order valence-corrected chi connectivity index (χ4v) is 3.29. The van der Waals surface area contributed by atoms with Gasteiger partial charge in [0.1, 0.15) is 0 Å². The van der Waals surface area contributed by atoms with Crippen LogP contribution >= 0.6 is 23.2 Å². The van der Waals surface area contributed by atoms with Crippen molar-refractivity contribution < 1.29 is 9.90 Å². The summed E-state index contributed by atoms with van der Waals surface area (Å²) in [6.07, 6.45) is 3.03. The van der Waals surface area contributed by atoms with E-state index in [1.165, 1.54) is 0 Å². The van der Waals surface area contributed by atoms with Crippen LogP contribution in [0.4, 0.5) is 10.5 Å². The molecule has 1 heterocycles. The summed E-state index contributed by atoms with van der Waals surface area (Å²) in [5.74, 6) is 0.577. The summed E-state index contributed by atoms with van der Waals surface area (Å²) in [5.41, 5.74) is -0.0615. The van der Waals surface area contributed by atoms with Gasteiger partial charge in [0.05, 0.1) is 5.60 Å². The van der Waals surface area contributed by atoms with Crippen molar-refractivity contribution in [1.29, 1.82) is 0 Å². The molecule has 0 bridgehead atoms. The molecule has 2 amide bonds. The largest absolute Gasteiger partial charge is 0.390 e. The molecular weight excluding hydrogens is 335 g/mol. The van der Waals surface area contributed by atoms with Crippen LogP contribution in [0.1, 0.15) is 39.5 Å². The Morgan fingerprint density at radius 1 is 1.26 bits per heavy atom. The molecule has 1 fully saturated rings. The molecule has 0 aromatic heterocycles. The predicted molar refractivity (Wildman–Crippen MR) is 95.3 cm³/mol. The van der Waals surface area contributed by atoms with E-state index in [1.54, 1.807) is 23.1 Å². The predicted octanol–water partition coefficient (Wildman–Crippen LogP) is 4.79. The van der Waals surface area contributed by atoms with E-state index < -0.39 is 5.60 Å². The van der Waals surface area contributed by atoms with Crippen LogP contribution in [-0.4, -0.2) is 34.7 Å². The van der Waals surface area contributed by atoms with Crippen molar-refractivity contribution in [1.82, 2.24) is 4.90 Å². The smallest absolute Gasteiger partial charge is 0.321 e. The molecule has 6 heteroatoms. The summed E-state index contributed by atoms with van der Waals surface area (Å²) in [6.45, 7) is 5.41. The number of hydrogen-bond acceptors (Lipinski definition) is 2. The second-order valence-electron chi connectivity index (χ2n) is 6.73. The quantitative estimate of drug-likeness (QED) is 0.812. The van der Waals surface area contributed by atoms with Crippen molar-refractivity contribution >= 4 is 34.9 Å². The Labute approximate surface area is 147 Å². The molecule has 0 aliphatic carbocycles. The number of nitrogens with one attached hydrogen (secondary N) is 1. The number of carbonyl (C=O) groups excluding carboxylic acids is 1. The van der Waals surface area contributed by atoms with E-state index in [1.807, 2.05) is 0 Å². The molecule has 23 heavy (non-hydrogen) atoms. The number of urea groups is 1. The van der Waals surface area contributed by atoms with Gasteiger partial charge in [-0.15, -0.1) is 0 Å². The second-order valence-corrected chi connectivity index (χ2v) is 7.61. The summed E-state index contributed by atoms with van der Waals surface area (Å²) in [6, 6.07) is 4.76. The van der Waals surface area contributed by atoms with Crippen molar-refractivity contribution in [3.63, 3.8) is 0 Å². The Hall–Kier alpha value is -0.970. The molecule has 0 unspecified atom stereocenters. The average Bonchev–Trinajstić information content (AvgIpc) is 2.45. The number of benzene rings is 1. The first-order valence-corrected chi connectivity index (χ1v) is 8.77. The zero-order valence-corrected chi connectivity index (χ0v) is 15.1. The Kier molecular flexibility index (Phi) is 6.18. The Morgan fingerprint density at radius 3 is 2.35 bits per heavy atom. The summed E-state index contributed by atoms with van der Waals surface area (Å²) in [5, 5.41) is 14.4. The zero-order valence-electron chi connectivity index (χ0n) is 13.6. The molecule has 0 spiro atoms. The van der Waals surface area contributed by atoms with Gasteiger partial charge in [-0.2, -0.15) is 0 Å². The number of likely N-dealkylation sites (tertiary alicyclic amines) is 1. The summed E-state index contributed by atoms with van der Waals surface area (Å²) < 4.78 is 0. The van der Waals surface area contributed by atoms with Gasteiger partial charge in [-0.1, -0.05) is 37.0 Å². The van der Waals surface area contributed by atoms with Gasteiger partial charge in [0.25, 0.3) is 0 Å². The first-order valence-electron chi connectivity index (χ1n) is 8.02. The lowest BCUT2D eigenvalue weighted by molar-refractivity contribution is -0.0215. The second kappa shape index (κ2) is 7.73. The highest BCUT2D eigenvalue weighted by atomic mass is 35.5. The molecule has 0 radical (unpaired) electrons. The highest BCUT2D eigenvalue weighted by Crippen LogP contribution is 2.29. The highest BCUT2D eigenvalue weighted by molar-refractivity contribution is 6.35. The van der Waals surface area contributed by atoms with Gasteiger partial charge in [0.2, 0.25) is 0 Å². The number of hydrogen-bond donors (Lipinski definition) is 2. The molecule has 2 N–H and O–H groups in total. The molecule has 128 valence electrons. The first kappa shape index (κ1) is 18.4. The van der Waals surface area contributed by atoms with Crippen LogP contribution < -0.4 is 5.32 Å². The number of anilines is 1. The SMILES string of the molecule is CC(C)CCC1(O)CCN(C(=O)Nc2cc(Cl)cc(Cl)c2)CC1. The van der Waals surface area contributed by atoms with E-state index in [0.29, 0.717) is 47.6 Å². The number of halogens is 2. The normalized spacial score (nSPS) is 17.4. The molecule has 2 rings (SSSR count). The summed E-state index contributed by atoms with van der Waals surface area (Å²) >= 11 is 11.9. The molecule has 0 saturated carbocycles. The molecule has 1 saturated heterocycles. The minimum atomic E-state index is -0.638. The minimum Gasteiger partial charge on any atom is -0.390 e. The van der Waals surface area contributed by atoms with Gasteiger partial charge in [0, 0.05) is 28.8 Å². The molecule has 0 atom stereocenters. The van der Waals surface area contributed by atoms with Gasteiger partial charge in [-0.25, -0.2) is 4.79 Å². The van der Waals surface area contributed by atoms with Gasteiger partial charge >= 0.3 is 6.03 Å². The van der Waals surface area contributed by atoms with Crippen molar-refractivity contribution in [3.8, 4) is 0 Å². The maximum absolute atomic E-state index is 12.3. The van der Waals surface area contributed by atoms with Crippen LogP contribution in [0.5, 0.6) is 0 Å². The number of rotatable bonds is 4. The van der Waals surface area contributed by atoms with Crippen LogP contribution in [0.25, 0.3) is 0 Å². The maximum Gasteiger partial charge on any atom is 0.321 e. The third-order valence-corrected chi connectivity index (χ3v) is 4.72. The van der Waals surface area contributed by atoms with Gasteiger partial charge in [-0.3, -0.25) is 0 Å². The van der Waals surface area contributed by atoms with E-state index in [2.05, 4.69) is 19.2 Å². The Bertz CT molecular complexity index is 535.